The average molecular weight is 414 g/mol. The summed E-state index contributed by atoms with van der Waals surface area (Å²) >= 11 is 0. The Balaban J connectivity index is 1.63. The van der Waals surface area contributed by atoms with Crippen LogP contribution in [0.5, 0.6) is 5.75 Å². The Bertz CT molecular complexity index is 1090. The molecule has 2 heterocycles. The van der Waals surface area contributed by atoms with Crippen molar-refractivity contribution in [1.82, 2.24) is 10.2 Å². The predicted octanol–water partition coefficient (Wildman–Crippen LogP) is 5.99. The second-order valence-electron chi connectivity index (χ2n) is 8.96. The molecule has 5 rings (SSSR count). The van der Waals surface area contributed by atoms with E-state index in [0.717, 1.165) is 43.1 Å². The highest BCUT2D eigenvalue weighted by Crippen LogP contribution is 2.41. The van der Waals surface area contributed by atoms with Crippen LogP contribution in [0.15, 0.2) is 42.5 Å². The van der Waals surface area contributed by atoms with Gasteiger partial charge in [0, 0.05) is 30.2 Å². The second-order valence-corrected chi connectivity index (χ2v) is 8.96. The van der Waals surface area contributed by atoms with Crippen molar-refractivity contribution in [1.29, 1.82) is 0 Å². The van der Waals surface area contributed by atoms with Gasteiger partial charge in [0.15, 0.2) is 5.82 Å². The van der Waals surface area contributed by atoms with Crippen LogP contribution in [0.2, 0.25) is 0 Å². The van der Waals surface area contributed by atoms with Gasteiger partial charge in [0.05, 0.1) is 18.3 Å². The summed E-state index contributed by atoms with van der Waals surface area (Å²) in [5.74, 6) is 2.05. The van der Waals surface area contributed by atoms with Gasteiger partial charge in [0.25, 0.3) is 0 Å². The number of hydrogen-bond donors (Lipinski definition) is 0. The highest BCUT2D eigenvalue weighted by Gasteiger charge is 2.29. The lowest BCUT2D eigenvalue weighted by molar-refractivity contribution is 0.266. The molecule has 3 aromatic rings. The SMILES string of the molecule is Cc1cccc(C)c1-c1nnc(N(C)C2CCOc3ccccc32)c2c1CCCCC2. The van der Waals surface area contributed by atoms with Crippen molar-refractivity contribution in [3.63, 3.8) is 0 Å². The van der Waals surface area contributed by atoms with Gasteiger partial charge >= 0.3 is 0 Å². The number of fused-ring (bicyclic) bond motifs is 2. The van der Waals surface area contributed by atoms with E-state index in [-0.39, 0.29) is 6.04 Å². The van der Waals surface area contributed by atoms with Crippen molar-refractivity contribution in [3.05, 3.63) is 70.3 Å². The Morgan fingerprint density at radius 2 is 1.61 bits per heavy atom. The molecule has 2 aromatic carbocycles. The van der Waals surface area contributed by atoms with Crippen LogP contribution in [-0.2, 0) is 12.8 Å². The molecule has 0 N–H and O–H groups in total. The first-order valence-electron chi connectivity index (χ1n) is 11.5. The molecule has 1 aromatic heterocycles. The summed E-state index contributed by atoms with van der Waals surface area (Å²) < 4.78 is 5.91. The first-order chi connectivity index (χ1) is 15.1. The third-order valence-corrected chi connectivity index (χ3v) is 6.96. The van der Waals surface area contributed by atoms with Crippen LogP contribution < -0.4 is 9.64 Å². The van der Waals surface area contributed by atoms with E-state index in [1.54, 1.807) is 0 Å². The molecule has 0 bridgehead atoms. The molecule has 2 aliphatic rings. The monoisotopic (exact) mass is 413 g/mol. The van der Waals surface area contributed by atoms with Gasteiger partial charge in [-0.05, 0) is 62.3 Å². The van der Waals surface area contributed by atoms with Crippen molar-refractivity contribution in [2.24, 2.45) is 0 Å². The van der Waals surface area contributed by atoms with E-state index in [2.05, 4.69) is 62.2 Å². The molecule has 0 saturated carbocycles. The summed E-state index contributed by atoms with van der Waals surface area (Å²) in [4.78, 5) is 2.35. The third-order valence-electron chi connectivity index (χ3n) is 6.96. The fourth-order valence-electron chi connectivity index (χ4n) is 5.35. The molecule has 4 nitrogen and oxygen atoms in total. The lowest BCUT2D eigenvalue weighted by Gasteiger charge is -2.35. The Morgan fingerprint density at radius 3 is 2.42 bits per heavy atom. The molecule has 0 fully saturated rings. The Kier molecular flexibility index (Phi) is 5.39. The van der Waals surface area contributed by atoms with Crippen LogP contribution in [0.1, 0.15) is 59.5 Å². The maximum atomic E-state index is 5.91. The number of rotatable bonds is 3. The molecule has 160 valence electrons. The standard InChI is InChI=1S/C27H31N3O/c1-18-10-9-11-19(2)25(18)26-20-12-5-4-6-13-21(20)27(29-28-26)30(3)23-16-17-31-24-15-8-7-14-22(23)24/h7-11,14-15,23H,4-6,12-13,16-17H2,1-3H3. The summed E-state index contributed by atoms with van der Waals surface area (Å²) in [7, 11) is 2.18. The van der Waals surface area contributed by atoms with E-state index in [1.807, 2.05) is 6.07 Å². The van der Waals surface area contributed by atoms with Crippen molar-refractivity contribution >= 4 is 5.82 Å². The zero-order valence-corrected chi connectivity index (χ0v) is 18.8. The topological polar surface area (TPSA) is 38.2 Å². The van der Waals surface area contributed by atoms with Crippen LogP contribution >= 0.6 is 0 Å². The van der Waals surface area contributed by atoms with Crippen molar-refractivity contribution in [2.75, 3.05) is 18.6 Å². The molecule has 31 heavy (non-hydrogen) atoms. The first kappa shape index (κ1) is 20.0. The average Bonchev–Trinajstić information content (AvgIpc) is 3.04. The third kappa shape index (κ3) is 3.58. The van der Waals surface area contributed by atoms with Crippen LogP contribution in [0.4, 0.5) is 5.82 Å². The van der Waals surface area contributed by atoms with Crippen molar-refractivity contribution in [2.45, 2.75) is 58.4 Å². The number of hydrogen-bond acceptors (Lipinski definition) is 4. The van der Waals surface area contributed by atoms with E-state index in [9.17, 15) is 0 Å². The summed E-state index contributed by atoms with van der Waals surface area (Å²) in [5, 5.41) is 9.75. The molecule has 0 spiro atoms. The lowest BCUT2D eigenvalue weighted by Crippen LogP contribution is -2.31. The normalized spacial score (nSPS) is 17.8. The molecule has 0 saturated heterocycles. The van der Waals surface area contributed by atoms with Gasteiger partial charge in [0.2, 0.25) is 0 Å². The molecule has 0 radical (unpaired) electrons. The van der Waals surface area contributed by atoms with Gasteiger partial charge in [-0.25, -0.2) is 0 Å². The van der Waals surface area contributed by atoms with E-state index >= 15 is 0 Å². The van der Waals surface area contributed by atoms with Gasteiger partial charge < -0.3 is 9.64 Å². The van der Waals surface area contributed by atoms with Crippen molar-refractivity contribution in [3.8, 4) is 17.0 Å². The molecule has 1 aliphatic heterocycles. The zero-order valence-electron chi connectivity index (χ0n) is 18.8. The summed E-state index contributed by atoms with van der Waals surface area (Å²) in [5.41, 5.74) is 8.97. The minimum absolute atomic E-state index is 0.262. The fraction of sp³-hybridized carbons (Fsp3) is 0.407. The fourth-order valence-corrected chi connectivity index (χ4v) is 5.35. The van der Waals surface area contributed by atoms with Gasteiger partial charge in [-0.1, -0.05) is 42.8 Å². The minimum Gasteiger partial charge on any atom is -0.493 e. The molecule has 4 heteroatoms. The Labute approximate surface area is 185 Å². The van der Waals surface area contributed by atoms with E-state index in [4.69, 9.17) is 14.9 Å². The largest absolute Gasteiger partial charge is 0.493 e. The molecule has 0 amide bonds. The van der Waals surface area contributed by atoms with Crippen LogP contribution in [0.3, 0.4) is 0 Å². The predicted molar refractivity (Wildman–Crippen MR) is 126 cm³/mol. The number of nitrogens with zero attached hydrogens (tertiary/aromatic N) is 3. The number of aryl methyl sites for hydroxylation is 2. The molecular formula is C27H31N3O. The van der Waals surface area contributed by atoms with Gasteiger partial charge in [-0.3, -0.25) is 0 Å². The second kappa shape index (κ2) is 8.33. The summed E-state index contributed by atoms with van der Waals surface area (Å²) in [6.07, 6.45) is 6.83. The number of para-hydroxylation sites is 1. The highest BCUT2D eigenvalue weighted by molar-refractivity contribution is 5.73. The maximum absolute atomic E-state index is 5.91. The van der Waals surface area contributed by atoms with Gasteiger partial charge in [-0.15, -0.1) is 10.2 Å². The number of aromatic nitrogens is 2. The van der Waals surface area contributed by atoms with Crippen LogP contribution in [-0.4, -0.2) is 23.9 Å². The molecule has 1 aliphatic carbocycles. The first-order valence-corrected chi connectivity index (χ1v) is 11.5. The number of ether oxygens (including phenoxy) is 1. The molecular weight excluding hydrogens is 382 g/mol. The summed E-state index contributed by atoms with van der Waals surface area (Å²) in [6, 6.07) is 15.2. The molecule has 1 atom stereocenters. The highest BCUT2D eigenvalue weighted by atomic mass is 16.5. The van der Waals surface area contributed by atoms with E-state index in [0.29, 0.717) is 0 Å². The van der Waals surface area contributed by atoms with E-state index in [1.165, 1.54) is 52.6 Å². The van der Waals surface area contributed by atoms with Crippen molar-refractivity contribution < 1.29 is 4.74 Å². The minimum atomic E-state index is 0.262. The van der Waals surface area contributed by atoms with E-state index < -0.39 is 0 Å². The zero-order chi connectivity index (χ0) is 21.4. The summed E-state index contributed by atoms with van der Waals surface area (Å²) in [6.45, 7) is 5.11. The van der Waals surface area contributed by atoms with Gasteiger partial charge in [0.1, 0.15) is 5.75 Å². The Morgan fingerprint density at radius 1 is 0.871 bits per heavy atom. The lowest BCUT2D eigenvalue weighted by atomic mass is 9.92. The Hall–Kier alpha value is -2.88. The quantitative estimate of drug-likeness (QED) is 0.494. The smallest absolute Gasteiger partial charge is 0.155 e. The van der Waals surface area contributed by atoms with Gasteiger partial charge in [-0.2, -0.15) is 0 Å². The van der Waals surface area contributed by atoms with Crippen LogP contribution in [0.25, 0.3) is 11.3 Å². The molecule has 1 unspecified atom stereocenters. The number of anilines is 1. The van der Waals surface area contributed by atoms with Crippen LogP contribution in [0, 0.1) is 13.8 Å². The maximum Gasteiger partial charge on any atom is 0.155 e. The number of benzene rings is 2.